The van der Waals surface area contributed by atoms with Gasteiger partial charge in [0.2, 0.25) is 0 Å². The maximum absolute atomic E-state index is 9.55. The van der Waals surface area contributed by atoms with Crippen molar-refractivity contribution in [1.82, 2.24) is 0 Å². The predicted octanol–water partition coefficient (Wildman–Crippen LogP) is 1.31. The fourth-order valence-electron chi connectivity index (χ4n) is 0.143. The summed E-state index contributed by atoms with van der Waals surface area (Å²) in [6, 6.07) is 0. The van der Waals surface area contributed by atoms with Gasteiger partial charge in [-0.15, -0.1) is 6.58 Å². The molecule has 0 aromatic carbocycles. The summed E-state index contributed by atoms with van der Waals surface area (Å²) in [5, 5.41) is 15.6. The van der Waals surface area contributed by atoms with Crippen LogP contribution in [-0.2, 0) is 14.3 Å². The Kier molecular flexibility index (Phi) is 11.0. The normalized spacial score (nSPS) is 11.6. The van der Waals surface area contributed by atoms with Crippen LogP contribution in [0.15, 0.2) is 24.3 Å². The molecule has 0 bridgehead atoms. The number of aliphatic carboxylic acids is 2. The third-order valence-corrected chi connectivity index (χ3v) is 0.573. The molecule has 0 radical (unpaired) electrons. The second-order valence-corrected chi connectivity index (χ2v) is 2.83. The first-order valence-electron chi connectivity index (χ1n) is 4.20. The molecular formula is C10H16O5. The molecule has 1 aliphatic heterocycles. The predicted molar refractivity (Wildman–Crippen MR) is 55.7 cm³/mol. The van der Waals surface area contributed by atoms with Crippen LogP contribution in [0.5, 0.6) is 0 Å². The van der Waals surface area contributed by atoms with E-state index >= 15 is 0 Å². The van der Waals surface area contributed by atoms with E-state index in [9.17, 15) is 9.59 Å². The SMILES string of the molecule is C1CO1.C=C(C)C.O=C(O)/C=C\C(=O)O. The molecular weight excluding hydrogens is 200 g/mol. The molecule has 0 unspecified atom stereocenters. The molecule has 0 aliphatic carbocycles. The Morgan fingerprint density at radius 3 is 1.40 bits per heavy atom. The molecule has 0 aromatic heterocycles. The topological polar surface area (TPSA) is 87.1 Å². The zero-order valence-electron chi connectivity index (χ0n) is 8.90. The standard InChI is InChI=1S/C4H4O4.C4H8.C2H4O/c5-3(6)1-2-4(7)8;1-4(2)3;1-2-3-1/h1-2H,(H,5,6)(H,7,8);1H2,2-3H3;1-2H2/b2-1-;;. The van der Waals surface area contributed by atoms with Crippen molar-refractivity contribution in [2.45, 2.75) is 13.8 Å². The molecule has 1 saturated heterocycles. The van der Waals surface area contributed by atoms with E-state index in [-0.39, 0.29) is 0 Å². The highest BCUT2D eigenvalue weighted by Gasteiger charge is 1.94. The Morgan fingerprint density at radius 1 is 1.13 bits per heavy atom. The number of hydrogen-bond acceptors (Lipinski definition) is 3. The fraction of sp³-hybridized carbons (Fsp3) is 0.400. The van der Waals surface area contributed by atoms with Crippen molar-refractivity contribution in [3.05, 3.63) is 24.3 Å². The Balaban J connectivity index is 0. The molecule has 0 aromatic rings. The number of epoxide rings is 1. The monoisotopic (exact) mass is 216 g/mol. The van der Waals surface area contributed by atoms with Crippen molar-refractivity contribution in [3.8, 4) is 0 Å². The maximum Gasteiger partial charge on any atom is 0.328 e. The molecule has 86 valence electrons. The van der Waals surface area contributed by atoms with Gasteiger partial charge < -0.3 is 14.9 Å². The molecule has 15 heavy (non-hydrogen) atoms. The van der Waals surface area contributed by atoms with Gasteiger partial charge in [0.15, 0.2) is 0 Å². The third-order valence-electron chi connectivity index (χ3n) is 0.573. The minimum absolute atomic E-state index is 0.558. The smallest absolute Gasteiger partial charge is 0.328 e. The second-order valence-electron chi connectivity index (χ2n) is 2.83. The summed E-state index contributed by atoms with van der Waals surface area (Å²) in [6.07, 6.45) is 1.12. The molecule has 1 aliphatic rings. The summed E-state index contributed by atoms with van der Waals surface area (Å²) in [5.41, 5.74) is 1.17. The summed E-state index contributed by atoms with van der Waals surface area (Å²) in [4.78, 5) is 19.1. The van der Waals surface area contributed by atoms with E-state index in [2.05, 4.69) is 11.3 Å². The Hall–Kier alpha value is -1.62. The van der Waals surface area contributed by atoms with E-state index in [0.717, 1.165) is 13.2 Å². The van der Waals surface area contributed by atoms with Crippen molar-refractivity contribution >= 4 is 11.9 Å². The lowest BCUT2D eigenvalue weighted by Gasteiger charge is -1.74. The second kappa shape index (κ2) is 10.5. The van der Waals surface area contributed by atoms with Gasteiger partial charge >= 0.3 is 11.9 Å². The highest BCUT2D eigenvalue weighted by molar-refractivity contribution is 5.89. The van der Waals surface area contributed by atoms with Crippen LogP contribution in [0.3, 0.4) is 0 Å². The van der Waals surface area contributed by atoms with Gasteiger partial charge in [0.1, 0.15) is 0 Å². The van der Waals surface area contributed by atoms with E-state index in [4.69, 9.17) is 10.2 Å². The number of carboxylic acid groups (broad SMARTS) is 2. The Labute approximate surface area is 88.7 Å². The van der Waals surface area contributed by atoms with E-state index in [0.29, 0.717) is 12.2 Å². The lowest BCUT2D eigenvalue weighted by Crippen LogP contribution is -1.91. The fourth-order valence-corrected chi connectivity index (χ4v) is 0.143. The lowest BCUT2D eigenvalue weighted by atomic mass is 10.4. The molecule has 0 amide bonds. The van der Waals surface area contributed by atoms with Crippen molar-refractivity contribution in [2.24, 2.45) is 0 Å². The average molecular weight is 216 g/mol. The first kappa shape index (κ1) is 15.8. The van der Waals surface area contributed by atoms with Gasteiger partial charge in [-0.05, 0) is 13.8 Å². The molecule has 2 N–H and O–H groups in total. The van der Waals surface area contributed by atoms with Gasteiger partial charge in [-0.25, -0.2) is 9.59 Å². The first-order chi connectivity index (χ1) is 6.86. The first-order valence-corrected chi connectivity index (χ1v) is 4.20. The van der Waals surface area contributed by atoms with Gasteiger partial charge in [0.05, 0.1) is 13.2 Å². The van der Waals surface area contributed by atoms with Crippen LogP contribution < -0.4 is 0 Å². The van der Waals surface area contributed by atoms with Crippen LogP contribution in [-0.4, -0.2) is 35.4 Å². The molecule has 1 fully saturated rings. The van der Waals surface area contributed by atoms with Crippen molar-refractivity contribution in [2.75, 3.05) is 13.2 Å². The third kappa shape index (κ3) is 69.5. The highest BCUT2D eigenvalue weighted by atomic mass is 16.6. The van der Waals surface area contributed by atoms with Crippen LogP contribution in [0.2, 0.25) is 0 Å². The summed E-state index contributed by atoms with van der Waals surface area (Å²) >= 11 is 0. The largest absolute Gasteiger partial charge is 0.478 e. The summed E-state index contributed by atoms with van der Waals surface area (Å²) in [7, 11) is 0. The van der Waals surface area contributed by atoms with Crippen LogP contribution in [0.4, 0.5) is 0 Å². The molecule has 0 atom stereocenters. The quantitative estimate of drug-likeness (QED) is 0.413. The number of allylic oxidation sites excluding steroid dienone is 1. The van der Waals surface area contributed by atoms with Crippen molar-refractivity contribution in [3.63, 3.8) is 0 Å². The van der Waals surface area contributed by atoms with E-state index in [1.807, 2.05) is 13.8 Å². The van der Waals surface area contributed by atoms with E-state index in [1.54, 1.807) is 0 Å². The summed E-state index contributed by atoms with van der Waals surface area (Å²) < 4.78 is 4.50. The van der Waals surface area contributed by atoms with E-state index in [1.165, 1.54) is 5.57 Å². The zero-order valence-corrected chi connectivity index (χ0v) is 8.90. The molecule has 1 heterocycles. The minimum atomic E-state index is -1.26. The Morgan fingerprint density at radius 2 is 1.33 bits per heavy atom. The number of rotatable bonds is 2. The van der Waals surface area contributed by atoms with Gasteiger partial charge in [-0.3, -0.25) is 0 Å². The molecule has 1 rings (SSSR count). The van der Waals surface area contributed by atoms with Gasteiger partial charge in [0, 0.05) is 12.2 Å². The average Bonchev–Trinajstić information content (AvgIpc) is 2.84. The Bertz CT molecular complexity index is 217. The van der Waals surface area contributed by atoms with Crippen LogP contribution in [0.25, 0.3) is 0 Å². The van der Waals surface area contributed by atoms with Crippen LogP contribution in [0.1, 0.15) is 13.8 Å². The molecule has 0 saturated carbocycles. The zero-order chi connectivity index (χ0) is 12.3. The molecule has 5 nitrogen and oxygen atoms in total. The van der Waals surface area contributed by atoms with Gasteiger partial charge in [0.25, 0.3) is 0 Å². The van der Waals surface area contributed by atoms with Gasteiger partial charge in [-0.2, -0.15) is 0 Å². The highest BCUT2D eigenvalue weighted by Crippen LogP contribution is 1.84. The molecule has 0 spiro atoms. The molecule has 5 heteroatoms. The van der Waals surface area contributed by atoms with Gasteiger partial charge in [-0.1, -0.05) is 5.57 Å². The van der Waals surface area contributed by atoms with E-state index < -0.39 is 11.9 Å². The number of ether oxygens (including phenoxy) is 1. The summed E-state index contributed by atoms with van der Waals surface area (Å²) in [6.45, 7) is 9.50. The van der Waals surface area contributed by atoms with Crippen LogP contribution in [0, 0.1) is 0 Å². The number of carboxylic acids is 2. The minimum Gasteiger partial charge on any atom is -0.478 e. The van der Waals surface area contributed by atoms with Crippen molar-refractivity contribution in [1.29, 1.82) is 0 Å². The number of hydrogen-bond donors (Lipinski definition) is 2. The van der Waals surface area contributed by atoms with Crippen LogP contribution >= 0.6 is 0 Å². The summed E-state index contributed by atoms with van der Waals surface area (Å²) in [5.74, 6) is -2.51. The lowest BCUT2D eigenvalue weighted by molar-refractivity contribution is -0.134. The number of carbonyl (C=O) groups is 2. The van der Waals surface area contributed by atoms with Crippen molar-refractivity contribution < 1.29 is 24.5 Å². The maximum atomic E-state index is 9.55.